The predicted octanol–water partition coefficient (Wildman–Crippen LogP) is 5.71. The normalized spacial score (nSPS) is 11.5. The number of hydrogen-bond acceptors (Lipinski definition) is 6. The zero-order valence-electron chi connectivity index (χ0n) is 23.3. The minimum Gasteiger partial charge on any atom is -0.497 e. The molecule has 44 heavy (non-hydrogen) atoms. The van der Waals surface area contributed by atoms with E-state index in [4.69, 9.17) is 14.6 Å². The summed E-state index contributed by atoms with van der Waals surface area (Å²) in [6.45, 7) is -0.817. The van der Waals surface area contributed by atoms with Crippen LogP contribution in [0.3, 0.4) is 0 Å². The number of anilines is 1. The second-order valence-corrected chi connectivity index (χ2v) is 10.9. The van der Waals surface area contributed by atoms with Gasteiger partial charge in [0.2, 0.25) is 10.0 Å². The summed E-state index contributed by atoms with van der Waals surface area (Å²) in [5.74, 6) is -4.94. The van der Waals surface area contributed by atoms with Crippen LogP contribution in [0, 0.1) is 17.5 Å². The number of sulfonamides is 1. The van der Waals surface area contributed by atoms with Crippen molar-refractivity contribution in [3.05, 3.63) is 95.3 Å². The number of carbonyl (C=O) groups excluding carboxylic acids is 1. The standard InChI is InChI=1S/C30H26F5N3O5S/c1-42-19-5-7-21(23(13-19)22-8-9-24(31)29(35)28(22)34)20-6-3-16(11-17(20)14-37-15-27(32)33)30(39)38-18-4-10-26(44(36,40)41)25(12-18)43-2/h3-13,27,37H,14-15H2,1-2H3,(H,38,39)(H2,36,40,41). The predicted molar refractivity (Wildman–Crippen MR) is 154 cm³/mol. The largest absolute Gasteiger partial charge is 0.497 e. The lowest BCUT2D eigenvalue weighted by molar-refractivity contribution is 0.102. The fourth-order valence-electron chi connectivity index (χ4n) is 4.49. The van der Waals surface area contributed by atoms with Gasteiger partial charge in [-0.3, -0.25) is 4.79 Å². The zero-order chi connectivity index (χ0) is 32.2. The molecule has 232 valence electrons. The maximum atomic E-state index is 14.9. The Balaban J connectivity index is 1.79. The van der Waals surface area contributed by atoms with Gasteiger partial charge >= 0.3 is 0 Å². The molecule has 0 aromatic heterocycles. The van der Waals surface area contributed by atoms with E-state index in [1.54, 1.807) is 12.1 Å². The van der Waals surface area contributed by atoms with E-state index in [9.17, 15) is 35.2 Å². The van der Waals surface area contributed by atoms with E-state index in [1.807, 2.05) is 0 Å². The first-order valence-corrected chi connectivity index (χ1v) is 14.3. The Morgan fingerprint density at radius 1 is 0.841 bits per heavy atom. The molecule has 0 unspecified atom stereocenters. The quantitative estimate of drug-likeness (QED) is 0.144. The highest BCUT2D eigenvalue weighted by Crippen LogP contribution is 2.39. The zero-order valence-corrected chi connectivity index (χ0v) is 24.1. The van der Waals surface area contributed by atoms with Gasteiger partial charge in [-0.25, -0.2) is 35.5 Å². The molecule has 4 aromatic carbocycles. The topological polar surface area (TPSA) is 120 Å². The van der Waals surface area contributed by atoms with Crippen LogP contribution in [0.2, 0.25) is 0 Å². The van der Waals surface area contributed by atoms with Gasteiger partial charge in [0.1, 0.15) is 16.4 Å². The number of ether oxygens (including phenoxy) is 2. The minimum absolute atomic E-state index is 0.0890. The highest BCUT2D eigenvalue weighted by Gasteiger charge is 2.21. The third-order valence-electron chi connectivity index (χ3n) is 6.55. The molecule has 0 fully saturated rings. The number of alkyl halides is 2. The van der Waals surface area contributed by atoms with Crippen LogP contribution < -0.4 is 25.2 Å². The maximum absolute atomic E-state index is 14.9. The molecule has 4 N–H and O–H groups in total. The van der Waals surface area contributed by atoms with Crippen LogP contribution in [0.15, 0.2) is 71.6 Å². The lowest BCUT2D eigenvalue weighted by Crippen LogP contribution is -2.21. The number of carbonyl (C=O) groups is 1. The monoisotopic (exact) mass is 635 g/mol. The molecule has 4 rings (SSSR count). The number of nitrogens with two attached hydrogens (primary N) is 1. The molecule has 1 amide bonds. The average Bonchev–Trinajstić information content (AvgIpc) is 2.99. The van der Waals surface area contributed by atoms with Gasteiger partial charge in [0.25, 0.3) is 12.3 Å². The first kappa shape index (κ1) is 32.4. The summed E-state index contributed by atoms with van der Waals surface area (Å²) in [5, 5.41) is 10.4. The summed E-state index contributed by atoms with van der Waals surface area (Å²) < 4.78 is 103. The number of rotatable bonds is 11. The smallest absolute Gasteiger partial charge is 0.255 e. The van der Waals surface area contributed by atoms with E-state index in [2.05, 4.69) is 10.6 Å². The van der Waals surface area contributed by atoms with Crippen molar-refractivity contribution in [1.82, 2.24) is 5.32 Å². The van der Waals surface area contributed by atoms with E-state index in [0.29, 0.717) is 16.7 Å². The molecule has 0 saturated carbocycles. The van der Waals surface area contributed by atoms with Crippen molar-refractivity contribution in [3.8, 4) is 33.8 Å². The van der Waals surface area contributed by atoms with Crippen molar-refractivity contribution < 1.29 is 44.6 Å². The van der Waals surface area contributed by atoms with Gasteiger partial charge in [0, 0.05) is 29.4 Å². The molecule has 0 radical (unpaired) electrons. The van der Waals surface area contributed by atoms with Crippen LogP contribution in [0.1, 0.15) is 15.9 Å². The first-order chi connectivity index (χ1) is 20.8. The summed E-state index contributed by atoms with van der Waals surface area (Å²) in [7, 11) is -1.50. The Kier molecular flexibility index (Phi) is 9.87. The van der Waals surface area contributed by atoms with Crippen molar-refractivity contribution in [2.24, 2.45) is 5.14 Å². The molecule has 0 aliphatic carbocycles. The lowest BCUT2D eigenvalue weighted by atomic mass is 9.90. The molecular formula is C30H26F5N3O5S. The number of nitrogens with one attached hydrogen (secondary N) is 2. The minimum atomic E-state index is -4.10. The van der Waals surface area contributed by atoms with Gasteiger partial charge in [-0.1, -0.05) is 12.1 Å². The maximum Gasteiger partial charge on any atom is 0.255 e. The summed E-state index contributed by atoms with van der Waals surface area (Å²) in [4.78, 5) is 12.9. The van der Waals surface area contributed by atoms with Gasteiger partial charge in [-0.2, -0.15) is 0 Å². The Morgan fingerprint density at radius 3 is 2.20 bits per heavy atom. The molecule has 0 saturated heterocycles. The number of primary sulfonamides is 1. The van der Waals surface area contributed by atoms with Crippen molar-refractivity contribution >= 4 is 21.6 Å². The van der Waals surface area contributed by atoms with E-state index in [-0.39, 0.29) is 45.3 Å². The van der Waals surface area contributed by atoms with E-state index in [1.165, 1.54) is 50.6 Å². The molecule has 0 bridgehead atoms. The summed E-state index contributed by atoms with van der Waals surface area (Å²) in [6.07, 6.45) is -2.67. The van der Waals surface area contributed by atoms with Crippen LogP contribution in [-0.4, -0.2) is 41.5 Å². The Morgan fingerprint density at radius 2 is 1.55 bits per heavy atom. The van der Waals surface area contributed by atoms with Crippen molar-refractivity contribution in [2.75, 3.05) is 26.1 Å². The average molecular weight is 636 g/mol. The molecule has 0 atom stereocenters. The lowest BCUT2D eigenvalue weighted by Gasteiger charge is -2.18. The highest BCUT2D eigenvalue weighted by molar-refractivity contribution is 7.89. The fourth-order valence-corrected chi connectivity index (χ4v) is 5.17. The highest BCUT2D eigenvalue weighted by atomic mass is 32.2. The SMILES string of the molecule is COc1ccc(-c2ccc(C(=O)Nc3ccc(S(N)(=O)=O)c(OC)c3)cc2CNCC(F)F)c(-c2ccc(F)c(F)c2F)c1. The molecule has 0 spiro atoms. The second-order valence-electron chi connectivity index (χ2n) is 9.39. The molecule has 14 heteroatoms. The molecule has 0 aliphatic rings. The molecule has 8 nitrogen and oxygen atoms in total. The van der Waals surface area contributed by atoms with Crippen LogP contribution in [0.25, 0.3) is 22.3 Å². The number of methoxy groups -OCH3 is 2. The molecule has 4 aromatic rings. The third-order valence-corrected chi connectivity index (χ3v) is 7.50. The van der Waals surface area contributed by atoms with Crippen molar-refractivity contribution in [1.29, 1.82) is 0 Å². The number of hydrogen-bond donors (Lipinski definition) is 3. The van der Waals surface area contributed by atoms with Crippen LogP contribution in [0.4, 0.5) is 27.6 Å². The van der Waals surface area contributed by atoms with Crippen LogP contribution in [0.5, 0.6) is 11.5 Å². The molecule has 0 heterocycles. The van der Waals surface area contributed by atoms with Crippen LogP contribution in [-0.2, 0) is 16.6 Å². The van der Waals surface area contributed by atoms with Crippen LogP contribution >= 0.6 is 0 Å². The van der Waals surface area contributed by atoms with E-state index in [0.717, 1.165) is 18.2 Å². The summed E-state index contributed by atoms with van der Waals surface area (Å²) in [6, 6.07) is 14.4. The molecular weight excluding hydrogens is 609 g/mol. The number of halogens is 5. The van der Waals surface area contributed by atoms with Gasteiger partial charge in [-0.15, -0.1) is 0 Å². The third kappa shape index (κ3) is 7.15. The first-order valence-electron chi connectivity index (χ1n) is 12.8. The summed E-state index contributed by atoms with van der Waals surface area (Å²) in [5.41, 5.74) is 1.15. The van der Waals surface area contributed by atoms with Gasteiger partial charge in [0.05, 0.1) is 20.8 Å². The second kappa shape index (κ2) is 13.4. The Labute approximate surface area is 249 Å². The van der Waals surface area contributed by atoms with Gasteiger partial charge < -0.3 is 20.1 Å². The van der Waals surface area contributed by atoms with Gasteiger partial charge in [-0.05, 0) is 70.8 Å². The molecule has 0 aliphatic heterocycles. The Hall–Kier alpha value is -4.53. The van der Waals surface area contributed by atoms with Gasteiger partial charge in [0.15, 0.2) is 17.5 Å². The number of benzene rings is 4. The van der Waals surface area contributed by atoms with E-state index < -0.39 is 46.4 Å². The Bertz CT molecular complexity index is 1820. The van der Waals surface area contributed by atoms with E-state index >= 15 is 0 Å². The fraction of sp³-hybridized carbons (Fsp3) is 0.167. The van der Waals surface area contributed by atoms with Crippen molar-refractivity contribution in [3.63, 3.8) is 0 Å². The van der Waals surface area contributed by atoms with Crippen molar-refractivity contribution in [2.45, 2.75) is 17.9 Å². The number of amides is 1. The summed E-state index contributed by atoms with van der Waals surface area (Å²) >= 11 is 0.